The fourth-order valence-corrected chi connectivity index (χ4v) is 5.27. The summed E-state index contributed by atoms with van der Waals surface area (Å²) in [4.78, 5) is 32.6. The number of ether oxygens (including phenoxy) is 1. The van der Waals surface area contributed by atoms with E-state index in [1.165, 1.54) is 17.3 Å². The van der Waals surface area contributed by atoms with Crippen molar-refractivity contribution >= 4 is 28.7 Å². The Morgan fingerprint density at radius 3 is 2.83 bits per heavy atom. The summed E-state index contributed by atoms with van der Waals surface area (Å²) < 4.78 is 8.74. The molecule has 0 spiro atoms. The average Bonchev–Trinajstić information content (AvgIpc) is 3.34. The molecule has 30 heavy (non-hydrogen) atoms. The Kier molecular flexibility index (Phi) is 4.86. The van der Waals surface area contributed by atoms with E-state index in [0.29, 0.717) is 54.7 Å². The molecule has 1 saturated heterocycles. The summed E-state index contributed by atoms with van der Waals surface area (Å²) in [6.45, 7) is 6.44. The molecule has 0 aliphatic carbocycles. The van der Waals surface area contributed by atoms with E-state index in [4.69, 9.17) is 9.72 Å². The van der Waals surface area contributed by atoms with E-state index < -0.39 is 0 Å². The van der Waals surface area contributed by atoms with E-state index in [9.17, 15) is 9.59 Å². The Hall–Kier alpha value is -2.65. The molecule has 0 saturated carbocycles. The molecule has 1 fully saturated rings. The number of rotatable bonds is 3. The lowest BCUT2D eigenvalue weighted by Gasteiger charge is -2.28. The molecule has 4 heterocycles. The molecule has 3 aromatic rings. The number of hydrogen-bond donors (Lipinski definition) is 0. The van der Waals surface area contributed by atoms with Gasteiger partial charge in [0.05, 0.1) is 31.1 Å². The van der Waals surface area contributed by atoms with E-state index in [-0.39, 0.29) is 17.5 Å². The molecule has 0 radical (unpaired) electrons. The average molecular weight is 426 g/mol. The van der Waals surface area contributed by atoms with Crippen molar-refractivity contribution < 1.29 is 9.53 Å². The van der Waals surface area contributed by atoms with Crippen molar-refractivity contribution in [2.75, 3.05) is 32.1 Å². The molecule has 1 amide bonds. The zero-order valence-corrected chi connectivity index (χ0v) is 17.8. The predicted molar refractivity (Wildman–Crippen MR) is 114 cm³/mol. The molecule has 2 aliphatic heterocycles. The number of carbonyl (C=O) groups excluding carboxylic acids is 1. The van der Waals surface area contributed by atoms with Gasteiger partial charge in [-0.3, -0.25) is 14.2 Å². The van der Waals surface area contributed by atoms with Crippen LogP contribution in [0, 0.1) is 13.8 Å². The van der Waals surface area contributed by atoms with Crippen LogP contribution in [0.2, 0.25) is 0 Å². The van der Waals surface area contributed by atoms with E-state index in [0.717, 1.165) is 11.3 Å². The largest absolute Gasteiger partial charge is 0.378 e. The number of morpholine rings is 1. The maximum atomic E-state index is 13.3. The van der Waals surface area contributed by atoms with Crippen molar-refractivity contribution in [3.05, 3.63) is 45.9 Å². The second-order valence-corrected chi connectivity index (χ2v) is 8.80. The SMILES string of the molecule is Cc1ccc(-n2ncc3c(=O)n4c(nc32)SCC4CC(=O)N2CCOCC2)c(C)c1. The van der Waals surface area contributed by atoms with Gasteiger partial charge in [-0.25, -0.2) is 9.67 Å². The third kappa shape index (κ3) is 3.22. The number of benzene rings is 1. The molecule has 1 atom stereocenters. The van der Waals surface area contributed by atoms with Gasteiger partial charge in [-0.2, -0.15) is 5.10 Å². The van der Waals surface area contributed by atoms with Crippen LogP contribution < -0.4 is 5.56 Å². The lowest BCUT2D eigenvalue weighted by atomic mass is 10.1. The lowest BCUT2D eigenvalue weighted by Crippen LogP contribution is -2.42. The summed E-state index contributed by atoms with van der Waals surface area (Å²) in [7, 11) is 0. The third-order valence-electron chi connectivity index (χ3n) is 5.73. The van der Waals surface area contributed by atoms with Crippen molar-refractivity contribution in [1.29, 1.82) is 0 Å². The van der Waals surface area contributed by atoms with E-state index in [1.54, 1.807) is 15.4 Å². The van der Waals surface area contributed by atoms with Gasteiger partial charge in [0.1, 0.15) is 5.39 Å². The number of nitrogens with zero attached hydrogens (tertiary/aromatic N) is 5. The number of carbonyl (C=O) groups is 1. The zero-order valence-electron chi connectivity index (χ0n) is 17.0. The summed E-state index contributed by atoms with van der Waals surface area (Å²) in [6.07, 6.45) is 1.89. The maximum absolute atomic E-state index is 13.3. The van der Waals surface area contributed by atoms with Gasteiger partial charge in [-0.05, 0) is 25.5 Å². The first kappa shape index (κ1) is 19.3. The highest BCUT2D eigenvalue weighted by molar-refractivity contribution is 7.99. The molecule has 5 rings (SSSR count). The number of amides is 1. The third-order valence-corrected chi connectivity index (χ3v) is 6.82. The van der Waals surface area contributed by atoms with Crippen LogP contribution in [0.5, 0.6) is 0 Å². The van der Waals surface area contributed by atoms with E-state index in [2.05, 4.69) is 11.2 Å². The summed E-state index contributed by atoms with van der Waals surface area (Å²) in [5.74, 6) is 0.733. The van der Waals surface area contributed by atoms with Crippen LogP contribution >= 0.6 is 11.8 Å². The molecule has 0 N–H and O–H groups in total. The standard InChI is InChI=1S/C21H23N5O3S/c1-13-3-4-17(14(2)9-13)26-19-16(11-22-26)20(28)25-15(12-30-21(25)23-19)10-18(27)24-5-7-29-8-6-24/h3-4,9,11,15H,5-8,10,12H2,1-2H3. The zero-order chi connectivity index (χ0) is 20.8. The smallest absolute Gasteiger partial charge is 0.265 e. The number of aryl methyl sites for hydroxylation is 2. The van der Waals surface area contributed by atoms with Gasteiger partial charge in [0.2, 0.25) is 5.91 Å². The van der Waals surface area contributed by atoms with Gasteiger partial charge in [0.15, 0.2) is 10.8 Å². The van der Waals surface area contributed by atoms with E-state index >= 15 is 0 Å². The minimum atomic E-state index is -0.186. The van der Waals surface area contributed by atoms with Crippen molar-refractivity contribution in [2.24, 2.45) is 0 Å². The molecular weight excluding hydrogens is 402 g/mol. The Bertz CT molecular complexity index is 1200. The van der Waals surface area contributed by atoms with Crippen LogP contribution in [0.15, 0.2) is 34.3 Å². The first-order valence-corrected chi connectivity index (χ1v) is 11.1. The van der Waals surface area contributed by atoms with Gasteiger partial charge >= 0.3 is 0 Å². The van der Waals surface area contributed by atoms with Gasteiger partial charge in [0, 0.05) is 25.3 Å². The Labute approximate surface area is 177 Å². The Balaban J connectivity index is 1.50. The van der Waals surface area contributed by atoms with Crippen molar-refractivity contribution in [2.45, 2.75) is 31.5 Å². The second kappa shape index (κ2) is 7.55. The summed E-state index contributed by atoms with van der Waals surface area (Å²) in [5, 5.41) is 5.59. The monoisotopic (exact) mass is 425 g/mol. The van der Waals surface area contributed by atoms with Gasteiger partial charge in [0.25, 0.3) is 5.56 Å². The fourth-order valence-electron chi connectivity index (χ4n) is 4.14. The molecule has 1 unspecified atom stereocenters. The Morgan fingerprint density at radius 2 is 2.07 bits per heavy atom. The summed E-state index contributed by atoms with van der Waals surface area (Å²) >= 11 is 1.52. The summed E-state index contributed by atoms with van der Waals surface area (Å²) in [6, 6.07) is 5.93. The Morgan fingerprint density at radius 1 is 1.27 bits per heavy atom. The van der Waals surface area contributed by atoms with Crippen LogP contribution in [0.1, 0.15) is 23.6 Å². The topological polar surface area (TPSA) is 82.2 Å². The van der Waals surface area contributed by atoms with Crippen LogP contribution in [-0.4, -0.2) is 62.2 Å². The summed E-state index contributed by atoms with van der Waals surface area (Å²) in [5.41, 5.74) is 3.59. The van der Waals surface area contributed by atoms with Crippen molar-refractivity contribution in [1.82, 2.24) is 24.2 Å². The minimum absolute atomic E-state index is 0.0646. The number of fused-ring (bicyclic) bond motifs is 2. The maximum Gasteiger partial charge on any atom is 0.265 e. The fraction of sp³-hybridized carbons (Fsp3) is 0.429. The number of hydrogen-bond acceptors (Lipinski definition) is 6. The highest BCUT2D eigenvalue weighted by atomic mass is 32.2. The first-order chi connectivity index (χ1) is 14.5. The molecule has 1 aromatic carbocycles. The van der Waals surface area contributed by atoms with Crippen molar-refractivity contribution in [3.63, 3.8) is 0 Å². The van der Waals surface area contributed by atoms with Gasteiger partial charge in [-0.15, -0.1) is 0 Å². The van der Waals surface area contributed by atoms with Crippen LogP contribution in [-0.2, 0) is 9.53 Å². The van der Waals surface area contributed by atoms with Crippen LogP contribution in [0.3, 0.4) is 0 Å². The molecule has 0 bridgehead atoms. The first-order valence-electron chi connectivity index (χ1n) is 10.1. The highest BCUT2D eigenvalue weighted by Gasteiger charge is 2.31. The van der Waals surface area contributed by atoms with Gasteiger partial charge in [-0.1, -0.05) is 29.5 Å². The van der Waals surface area contributed by atoms with Crippen LogP contribution in [0.4, 0.5) is 0 Å². The molecule has 156 valence electrons. The normalized spacial score (nSPS) is 18.7. The molecule has 9 heteroatoms. The molecular formula is C21H23N5O3S. The number of thioether (sulfide) groups is 1. The number of aromatic nitrogens is 4. The highest BCUT2D eigenvalue weighted by Crippen LogP contribution is 2.34. The quantitative estimate of drug-likeness (QED) is 0.598. The van der Waals surface area contributed by atoms with Crippen LogP contribution in [0.25, 0.3) is 16.7 Å². The van der Waals surface area contributed by atoms with E-state index in [1.807, 2.05) is 30.9 Å². The van der Waals surface area contributed by atoms with Crippen molar-refractivity contribution in [3.8, 4) is 5.69 Å². The second-order valence-electron chi connectivity index (χ2n) is 7.82. The lowest BCUT2D eigenvalue weighted by molar-refractivity contribution is -0.135. The molecule has 2 aromatic heterocycles. The predicted octanol–water partition coefficient (Wildman–Crippen LogP) is 2.09. The minimum Gasteiger partial charge on any atom is -0.378 e. The molecule has 8 nitrogen and oxygen atoms in total. The van der Waals surface area contributed by atoms with Gasteiger partial charge < -0.3 is 9.64 Å². The molecule has 2 aliphatic rings.